The van der Waals surface area contributed by atoms with E-state index in [1.807, 2.05) is 21.7 Å². The summed E-state index contributed by atoms with van der Waals surface area (Å²) in [5.41, 5.74) is 1.70. The van der Waals surface area contributed by atoms with E-state index in [1.165, 1.54) is 6.20 Å². The van der Waals surface area contributed by atoms with Crippen LogP contribution >= 0.6 is 11.3 Å². The SMILES string of the molecule is Cc1cc(N(CCO)Cc2ccsc2)ncc1[N+](=O)[O-]. The molecular weight excluding hydrogens is 278 g/mol. The molecule has 6 nitrogen and oxygen atoms in total. The maximum absolute atomic E-state index is 10.8. The van der Waals surface area contributed by atoms with Crippen molar-refractivity contribution in [2.75, 3.05) is 18.1 Å². The van der Waals surface area contributed by atoms with Gasteiger partial charge in [-0.25, -0.2) is 4.98 Å². The summed E-state index contributed by atoms with van der Waals surface area (Å²) in [4.78, 5) is 16.4. The summed E-state index contributed by atoms with van der Waals surface area (Å²) < 4.78 is 0. The van der Waals surface area contributed by atoms with E-state index in [4.69, 9.17) is 5.11 Å². The zero-order valence-corrected chi connectivity index (χ0v) is 11.8. The third kappa shape index (κ3) is 3.31. The standard InChI is InChI=1S/C13H15N3O3S/c1-10-6-13(14-7-12(10)16(18)19)15(3-4-17)8-11-2-5-20-9-11/h2,5-7,9,17H,3-4,8H2,1H3. The minimum absolute atomic E-state index is 0.00184. The van der Waals surface area contributed by atoms with Crippen LogP contribution in [0.5, 0.6) is 0 Å². The summed E-state index contributed by atoms with van der Waals surface area (Å²) in [5.74, 6) is 0.633. The fourth-order valence-electron chi connectivity index (χ4n) is 1.90. The molecule has 0 amide bonds. The van der Waals surface area contributed by atoms with E-state index >= 15 is 0 Å². The van der Waals surface area contributed by atoms with E-state index in [-0.39, 0.29) is 12.3 Å². The highest BCUT2D eigenvalue weighted by Crippen LogP contribution is 2.22. The number of anilines is 1. The predicted molar refractivity (Wildman–Crippen MR) is 78.1 cm³/mol. The van der Waals surface area contributed by atoms with Gasteiger partial charge in [0.1, 0.15) is 12.0 Å². The van der Waals surface area contributed by atoms with E-state index in [2.05, 4.69) is 4.98 Å². The number of hydrogen-bond donors (Lipinski definition) is 1. The lowest BCUT2D eigenvalue weighted by atomic mass is 10.2. The molecule has 0 spiro atoms. The number of hydrogen-bond acceptors (Lipinski definition) is 6. The minimum Gasteiger partial charge on any atom is -0.395 e. The Bertz CT molecular complexity index is 587. The van der Waals surface area contributed by atoms with Crippen LogP contribution in [0, 0.1) is 17.0 Å². The monoisotopic (exact) mass is 293 g/mol. The highest BCUT2D eigenvalue weighted by atomic mass is 32.1. The second-order valence-electron chi connectivity index (χ2n) is 4.36. The fraction of sp³-hybridized carbons (Fsp3) is 0.308. The molecular formula is C13H15N3O3S. The smallest absolute Gasteiger partial charge is 0.290 e. The third-order valence-corrected chi connectivity index (χ3v) is 3.64. The lowest BCUT2D eigenvalue weighted by Crippen LogP contribution is -2.26. The molecule has 1 N–H and O–H groups in total. The van der Waals surface area contributed by atoms with E-state index in [0.29, 0.717) is 24.5 Å². The Kier molecular flexibility index (Phi) is 4.65. The Morgan fingerprint density at radius 3 is 2.90 bits per heavy atom. The molecule has 0 aliphatic carbocycles. The van der Waals surface area contributed by atoms with E-state index < -0.39 is 4.92 Å². The average molecular weight is 293 g/mol. The zero-order valence-electron chi connectivity index (χ0n) is 11.0. The van der Waals surface area contributed by atoms with Gasteiger partial charge in [-0.2, -0.15) is 11.3 Å². The van der Waals surface area contributed by atoms with Gasteiger partial charge in [-0.05, 0) is 35.4 Å². The molecule has 2 aromatic rings. The lowest BCUT2D eigenvalue weighted by molar-refractivity contribution is -0.385. The van der Waals surface area contributed by atoms with Gasteiger partial charge in [-0.3, -0.25) is 10.1 Å². The van der Waals surface area contributed by atoms with Crippen LogP contribution in [-0.2, 0) is 6.54 Å². The van der Waals surface area contributed by atoms with Crippen LogP contribution in [0.1, 0.15) is 11.1 Å². The van der Waals surface area contributed by atoms with Crippen LogP contribution in [0.3, 0.4) is 0 Å². The predicted octanol–water partition coefficient (Wildman–Crippen LogP) is 2.36. The van der Waals surface area contributed by atoms with Crippen LogP contribution in [0.2, 0.25) is 0 Å². The molecule has 0 atom stereocenters. The van der Waals surface area contributed by atoms with Crippen LogP contribution in [0.4, 0.5) is 11.5 Å². The molecule has 7 heteroatoms. The first kappa shape index (κ1) is 14.4. The maximum Gasteiger partial charge on any atom is 0.290 e. The van der Waals surface area contributed by atoms with Gasteiger partial charge in [0.15, 0.2) is 0 Å². The van der Waals surface area contributed by atoms with E-state index in [9.17, 15) is 10.1 Å². The number of nitro groups is 1. The fourth-order valence-corrected chi connectivity index (χ4v) is 2.56. The number of aliphatic hydroxyl groups excluding tert-OH is 1. The van der Waals surface area contributed by atoms with Gasteiger partial charge < -0.3 is 10.0 Å². The maximum atomic E-state index is 10.8. The summed E-state index contributed by atoms with van der Waals surface area (Å²) in [7, 11) is 0. The normalized spacial score (nSPS) is 10.5. The highest BCUT2D eigenvalue weighted by Gasteiger charge is 2.15. The summed E-state index contributed by atoms with van der Waals surface area (Å²) >= 11 is 1.61. The van der Waals surface area contributed by atoms with Gasteiger partial charge in [0.25, 0.3) is 5.69 Å². The van der Waals surface area contributed by atoms with E-state index in [0.717, 1.165) is 5.56 Å². The van der Waals surface area contributed by atoms with Crippen molar-refractivity contribution in [2.45, 2.75) is 13.5 Å². The summed E-state index contributed by atoms with van der Waals surface area (Å²) in [5, 5.41) is 24.0. The first-order valence-electron chi connectivity index (χ1n) is 6.09. The Morgan fingerprint density at radius 2 is 2.35 bits per heavy atom. The number of rotatable bonds is 6. The summed E-state index contributed by atoms with van der Waals surface area (Å²) in [6, 6.07) is 3.69. The Balaban J connectivity index is 2.25. The van der Waals surface area contributed by atoms with Gasteiger partial charge >= 0.3 is 0 Å². The zero-order chi connectivity index (χ0) is 14.5. The lowest BCUT2D eigenvalue weighted by Gasteiger charge is -2.22. The molecule has 20 heavy (non-hydrogen) atoms. The van der Waals surface area contributed by atoms with Crippen molar-refractivity contribution in [1.29, 1.82) is 0 Å². The number of aliphatic hydroxyl groups is 1. The summed E-state index contributed by atoms with van der Waals surface area (Å²) in [6.45, 7) is 2.74. The molecule has 0 radical (unpaired) electrons. The molecule has 0 aromatic carbocycles. The molecule has 0 unspecified atom stereocenters. The van der Waals surface area contributed by atoms with E-state index in [1.54, 1.807) is 24.3 Å². The number of thiophene rings is 1. The van der Waals surface area contributed by atoms with Crippen LogP contribution < -0.4 is 4.90 Å². The highest BCUT2D eigenvalue weighted by molar-refractivity contribution is 7.07. The van der Waals surface area contributed by atoms with Crippen LogP contribution in [-0.4, -0.2) is 28.2 Å². The second-order valence-corrected chi connectivity index (χ2v) is 5.14. The third-order valence-electron chi connectivity index (χ3n) is 2.91. The molecule has 2 heterocycles. The van der Waals surface area contributed by atoms with Crippen molar-refractivity contribution in [3.63, 3.8) is 0 Å². The molecule has 106 valence electrons. The molecule has 0 aliphatic heterocycles. The molecule has 0 fully saturated rings. The molecule has 2 aromatic heterocycles. The quantitative estimate of drug-likeness (QED) is 0.653. The number of pyridine rings is 1. The molecule has 0 bridgehead atoms. The van der Waals surface area contributed by atoms with Crippen molar-refractivity contribution in [2.24, 2.45) is 0 Å². The van der Waals surface area contributed by atoms with Gasteiger partial charge in [0.05, 0.1) is 11.5 Å². The molecule has 2 rings (SSSR count). The van der Waals surface area contributed by atoms with Gasteiger partial charge in [0.2, 0.25) is 0 Å². The number of nitrogens with zero attached hydrogens (tertiary/aromatic N) is 3. The second kappa shape index (κ2) is 6.44. The summed E-state index contributed by atoms with van der Waals surface area (Å²) in [6.07, 6.45) is 1.27. The number of aromatic nitrogens is 1. The molecule has 0 saturated carbocycles. The van der Waals surface area contributed by atoms with Crippen molar-refractivity contribution >= 4 is 22.8 Å². The first-order chi connectivity index (χ1) is 9.61. The van der Waals surface area contributed by atoms with Crippen LogP contribution in [0.25, 0.3) is 0 Å². The Morgan fingerprint density at radius 1 is 1.55 bits per heavy atom. The average Bonchev–Trinajstić information content (AvgIpc) is 2.90. The van der Waals surface area contributed by atoms with Gasteiger partial charge in [0, 0.05) is 18.7 Å². The molecule has 0 saturated heterocycles. The topological polar surface area (TPSA) is 79.5 Å². The molecule has 0 aliphatic rings. The van der Waals surface area contributed by atoms with Crippen LogP contribution in [0.15, 0.2) is 29.1 Å². The Labute approximate surface area is 120 Å². The van der Waals surface area contributed by atoms with Crippen molar-refractivity contribution in [1.82, 2.24) is 4.98 Å². The van der Waals surface area contributed by atoms with Crippen molar-refractivity contribution < 1.29 is 10.0 Å². The Hall–Kier alpha value is -1.99. The first-order valence-corrected chi connectivity index (χ1v) is 7.04. The minimum atomic E-state index is -0.443. The van der Waals surface area contributed by atoms with Crippen molar-refractivity contribution in [3.8, 4) is 0 Å². The van der Waals surface area contributed by atoms with Gasteiger partial charge in [-0.1, -0.05) is 0 Å². The van der Waals surface area contributed by atoms with Crippen molar-refractivity contribution in [3.05, 3.63) is 50.3 Å². The number of aryl methyl sites for hydroxylation is 1. The van der Waals surface area contributed by atoms with Gasteiger partial charge in [-0.15, -0.1) is 0 Å². The largest absolute Gasteiger partial charge is 0.395 e.